The van der Waals surface area contributed by atoms with Gasteiger partial charge < -0.3 is 15.1 Å². The van der Waals surface area contributed by atoms with Crippen LogP contribution in [0.2, 0.25) is 0 Å². The maximum absolute atomic E-state index is 11.2. The fourth-order valence-corrected chi connectivity index (χ4v) is 9.02. The molecule has 0 spiro atoms. The molecule has 7 rings (SSSR count). The molecule has 3 heterocycles. The Balaban J connectivity index is 1.06. The summed E-state index contributed by atoms with van der Waals surface area (Å²) in [6.45, 7) is 8.46. The maximum atomic E-state index is 11.2. The average Bonchev–Trinajstić information content (AvgIpc) is 3.67. The van der Waals surface area contributed by atoms with E-state index >= 15 is 0 Å². The molecule has 3 aliphatic carbocycles. The Kier molecular flexibility index (Phi) is 6.12. The molecule has 4 aliphatic rings. The van der Waals surface area contributed by atoms with Crippen molar-refractivity contribution in [3.63, 3.8) is 0 Å². The predicted molar refractivity (Wildman–Crippen MR) is 150 cm³/mol. The largest absolute Gasteiger partial charge is 0.494 e. The van der Waals surface area contributed by atoms with Crippen molar-refractivity contribution in [2.45, 2.75) is 70.3 Å². The molecule has 6 nitrogen and oxygen atoms in total. The van der Waals surface area contributed by atoms with Gasteiger partial charge in [-0.1, -0.05) is 38.3 Å². The third kappa shape index (κ3) is 4.04. The van der Waals surface area contributed by atoms with Crippen molar-refractivity contribution in [2.75, 3.05) is 37.6 Å². The van der Waals surface area contributed by atoms with Crippen molar-refractivity contribution >= 4 is 27.4 Å². The van der Waals surface area contributed by atoms with Gasteiger partial charge in [0.2, 0.25) is 0 Å². The van der Waals surface area contributed by atoms with E-state index in [-0.39, 0.29) is 0 Å². The fourth-order valence-electron chi connectivity index (χ4n) is 8.22. The van der Waals surface area contributed by atoms with E-state index in [1.54, 1.807) is 11.5 Å². The summed E-state index contributed by atoms with van der Waals surface area (Å²) in [5.41, 5.74) is 2.16. The number of anilines is 1. The maximum Gasteiger partial charge on any atom is 0.197 e. The van der Waals surface area contributed by atoms with Crippen molar-refractivity contribution in [2.24, 2.45) is 17.8 Å². The normalized spacial score (nSPS) is 30.2. The molecule has 37 heavy (non-hydrogen) atoms. The van der Waals surface area contributed by atoms with Gasteiger partial charge in [-0.25, -0.2) is 0 Å². The molecule has 7 heteroatoms. The van der Waals surface area contributed by atoms with Crippen LogP contribution in [-0.4, -0.2) is 56.8 Å². The molecule has 2 N–H and O–H groups in total. The minimum atomic E-state index is 0.374. The number of hydrogen-bond donors (Lipinski definition) is 2. The Morgan fingerprint density at radius 3 is 2.35 bits per heavy atom. The lowest BCUT2D eigenvalue weighted by Gasteiger charge is -2.39. The quantitative estimate of drug-likeness (QED) is 0.396. The van der Waals surface area contributed by atoms with Crippen LogP contribution in [0.3, 0.4) is 0 Å². The number of fused-ring (bicyclic) bond motifs is 6. The first-order valence-corrected chi connectivity index (χ1v) is 15.3. The number of benzene rings is 1. The predicted octanol–water partition coefficient (Wildman–Crippen LogP) is 6.14. The van der Waals surface area contributed by atoms with E-state index < -0.39 is 0 Å². The van der Waals surface area contributed by atoms with Gasteiger partial charge >= 0.3 is 0 Å². The SMILES string of the molecule is CC1CCCCC(CN2CCN(c3nsc4ccccc34)CC2)C1Cn1c(O)c2c(c1O)C1CCC2C1. The van der Waals surface area contributed by atoms with Crippen LogP contribution in [0.5, 0.6) is 11.8 Å². The van der Waals surface area contributed by atoms with E-state index in [4.69, 9.17) is 4.37 Å². The monoisotopic (exact) mass is 520 g/mol. The third-order valence-corrected chi connectivity index (χ3v) is 11.1. The van der Waals surface area contributed by atoms with Gasteiger partial charge in [0, 0.05) is 55.8 Å². The zero-order valence-corrected chi connectivity index (χ0v) is 22.8. The molecule has 2 saturated carbocycles. The van der Waals surface area contributed by atoms with Crippen molar-refractivity contribution in [1.82, 2.24) is 13.8 Å². The van der Waals surface area contributed by atoms with Crippen molar-refractivity contribution in [1.29, 1.82) is 0 Å². The molecule has 5 unspecified atom stereocenters. The van der Waals surface area contributed by atoms with E-state index in [0.29, 0.717) is 41.3 Å². The molecule has 0 amide bonds. The lowest BCUT2D eigenvalue weighted by molar-refractivity contribution is 0.134. The van der Waals surface area contributed by atoms with Gasteiger partial charge in [-0.3, -0.25) is 9.47 Å². The first kappa shape index (κ1) is 23.8. The highest BCUT2D eigenvalue weighted by molar-refractivity contribution is 7.13. The van der Waals surface area contributed by atoms with E-state index in [0.717, 1.165) is 62.6 Å². The number of aromatic hydroxyl groups is 2. The van der Waals surface area contributed by atoms with Crippen molar-refractivity contribution in [3.8, 4) is 11.8 Å². The second-order valence-electron chi connectivity index (χ2n) is 12.3. The molecule has 3 fully saturated rings. The van der Waals surface area contributed by atoms with E-state index in [1.165, 1.54) is 48.6 Å². The zero-order chi connectivity index (χ0) is 25.1. The highest BCUT2D eigenvalue weighted by Gasteiger charge is 2.44. The molecule has 198 valence electrons. The van der Waals surface area contributed by atoms with Gasteiger partial charge in [0.05, 0.1) is 4.70 Å². The van der Waals surface area contributed by atoms with Crippen LogP contribution in [-0.2, 0) is 6.54 Å². The van der Waals surface area contributed by atoms with E-state index in [2.05, 4.69) is 41.0 Å². The van der Waals surface area contributed by atoms with Gasteiger partial charge in [0.15, 0.2) is 11.8 Å². The summed E-state index contributed by atoms with van der Waals surface area (Å²) in [4.78, 5) is 5.13. The van der Waals surface area contributed by atoms with Gasteiger partial charge in [-0.2, -0.15) is 4.37 Å². The molecule has 2 aromatic heterocycles. The van der Waals surface area contributed by atoms with E-state index in [1.807, 2.05) is 4.57 Å². The number of nitrogens with zero attached hydrogens (tertiary/aromatic N) is 4. The second kappa shape index (κ2) is 9.49. The van der Waals surface area contributed by atoms with Crippen molar-refractivity contribution in [3.05, 3.63) is 35.4 Å². The number of hydrogen-bond acceptors (Lipinski definition) is 6. The number of piperazine rings is 1. The van der Waals surface area contributed by atoms with Gasteiger partial charge in [0.25, 0.3) is 0 Å². The lowest BCUT2D eigenvalue weighted by atomic mass is 9.80. The number of rotatable bonds is 5. The Morgan fingerprint density at radius 2 is 1.59 bits per heavy atom. The smallest absolute Gasteiger partial charge is 0.197 e. The molecule has 1 saturated heterocycles. The molecule has 1 aliphatic heterocycles. The zero-order valence-electron chi connectivity index (χ0n) is 22.0. The topological polar surface area (TPSA) is 64.8 Å². The number of aromatic nitrogens is 2. The summed E-state index contributed by atoms with van der Waals surface area (Å²) in [6.07, 6.45) is 8.54. The van der Waals surface area contributed by atoms with Gasteiger partial charge in [0.1, 0.15) is 5.82 Å². The Labute approximate surface area is 224 Å². The minimum absolute atomic E-state index is 0.374. The van der Waals surface area contributed by atoms with E-state index in [9.17, 15) is 10.2 Å². The van der Waals surface area contributed by atoms with Crippen LogP contribution in [0.4, 0.5) is 5.82 Å². The highest BCUT2D eigenvalue weighted by atomic mass is 32.1. The molecule has 2 bridgehead atoms. The molecule has 5 atom stereocenters. The fraction of sp³-hybridized carbons (Fsp3) is 0.633. The summed E-state index contributed by atoms with van der Waals surface area (Å²) in [7, 11) is 0. The first-order valence-electron chi connectivity index (χ1n) is 14.5. The Hall–Kier alpha value is -2.25. The summed E-state index contributed by atoms with van der Waals surface area (Å²) in [5.74, 6) is 4.49. The molecular weight excluding hydrogens is 480 g/mol. The van der Waals surface area contributed by atoms with Crippen molar-refractivity contribution < 1.29 is 10.2 Å². The van der Waals surface area contributed by atoms with Gasteiger partial charge in [-0.05, 0) is 78.9 Å². The summed E-state index contributed by atoms with van der Waals surface area (Å²) in [5, 5.41) is 23.7. The van der Waals surface area contributed by atoms with Crippen LogP contribution in [0.1, 0.15) is 74.8 Å². The summed E-state index contributed by atoms with van der Waals surface area (Å²) < 4.78 is 7.96. The van der Waals surface area contributed by atoms with Crippen LogP contribution in [0, 0.1) is 17.8 Å². The highest BCUT2D eigenvalue weighted by Crippen LogP contribution is 2.60. The average molecular weight is 521 g/mol. The summed E-state index contributed by atoms with van der Waals surface area (Å²) in [6, 6.07) is 8.58. The minimum Gasteiger partial charge on any atom is -0.494 e. The Morgan fingerprint density at radius 1 is 0.892 bits per heavy atom. The standard InChI is InChI=1S/C30H40N4O2S/c1-19-6-2-3-7-22(24(19)18-34-29(35)26-20-10-11-21(16-20)27(26)30(34)36)17-32-12-14-33(15-13-32)28-23-8-4-5-9-25(23)37-31-28/h4-5,8-9,19-22,24,35-36H,2-3,6-7,10-18H2,1H3. The first-order chi connectivity index (χ1) is 18.1. The second-order valence-corrected chi connectivity index (χ2v) is 13.1. The molecular formula is C30H40N4O2S. The van der Waals surface area contributed by atoms with Gasteiger partial charge in [-0.15, -0.1) is 0 Å². The van der Waals surface area contributed by atoms with Crippen LogP contribution in [0.15, 0.2) is 24.3 Å². The third-order valence-electron chi connectivity index (χ3n) is 10.3. The van der Waals surface area contributed by atoms with Crippen LogP contribution >= 0.6 is 11.5 Å². The van der Waals surface area contributed by atoms with Crippen LogP contribution < -0.4 is 4.90 Å². The molecule has 1 aromatic carbocycles. The lowest BCUT2D eigenvalue weighted by Crippen LogP contribution is -2.49. The van der Waals surface area contributed by atoms with Crippen LogP contribution in [0.25, 0.3) is 10.1 Å². The Bertz CT molecular complexity index is 1240. The molecule has 3 aromatic rings. The molecule has 0 radical (unpaired) electrons. The summed E-state index contributed by atoms with van der Waals surface area (Å²) >= 11 is 1.61.